The van der Waals surface area contributed by atoms with Crippen LogP contribution in [-0.2, 0) is 32.6 Å². The Morgan fingerprint density at radius 1 is 1.03 bits per heavy atom. The molecule has 188 valence electrons. The highest BCUT2D eigenvalue weighted by Crippen LogP contribution is 2.31. The van der Waals surface area contributed by atoms with E-state index < -0.39 is 28.4 Å². The fourth-order valence-electron chi connectivity index (χ4n) is 3.55. The fourth-order valence-corrected chi connectivity index (χ4v) is 5.20. The van der Waals surface area contributed by atoms with Crippen LogP contribution in [0.4, 0.5) is 5.69 Å². The van der Waals surface area contributed by atoms with Crippen molar-refractivity contribution in [3.8, 4) is 0 Å². The van der Waals surface area contributed by atoms with Gasteiger partial charge in [-0.25, -0.2) is 13.2 Å². The lowest BCUT2D eigenvalue weighted by Crippen LogP contribution is -2.41. The van der Waals surface area contributed by atoms with Gasteiger partial charge in [-0.1, -0.05) is 54.9 Å². The Morgan fingerprint density at radius 2 is 1.72 bits per heavy atom. The number of nitrogens with one attached hydrogen (secondary N) is 1. The van der Waals surface area contributed by atoms with Crippen LogP contribution in [0.3, 0.4) is 0 Å². The van der Waals surface area contributed by atoms with Crippen LogP contribution in [0.25, 0.3) is 6.08 Å². The van der Waals surface area contributed by atoms with E-state index in [4.69, 9.17) is 16.7 Å². The predicted octanol–water partition coefficient (Wildman–Crippen LogP) is 4.82. The van der Waals surface area contributed by atoms with Crippen molar-refractivity contribution in [1.29, 1.82) is 0 Å². The van der Waals surface area contributed by atoms with Crippen LogP contribution < -0.4 is 9.62 Å². The van der Waals surface area contributed by atoms with E-state index in [0.29, 0.717) is 21.8 Å². The maximum Gasteiger partial charge on any atom is 0.328 e. The molecule has 0 heterocycles. The van der Waals surface area contributed by atoms with Gasteiger partial charge in [0.15, 0.2) is 0 Å². The molecule has 36 heavy (non-hydrogen) atoms. The standard InChI is InChI=1S/C27H27ClN2O5S/c1-3-20-10-13-23(14-11-20)36(34,35)30(25-9-5-8-24(28)19(25)2)18-26(31)29-17-22-7-4-6-21(16-22)12-15-27(32)33/h4-16H,3,17-18H2,1-2H3,(H,29,31)(H,32,33). The average Bonchev–Trinajstić information content (AvgIpc) is 2.87. The minimum atomic E-state index is -4.07. The Balaban J connectivity index is 1.85. The quantitative estimate of drug-likeness (QED) is 0.369. The van der Waals surface area contributed by atoms with Gasteiger partial charge >= 0.3 is 5.97 Å². The number of carbonyl (C=O) groups excluding carboxylic acids is 1. The summed E-state index contributed by atoms with van der Waals surface area (Å²) in [6.07, 6.45) is 3.25. The second-order valence-corrected chi connectivity index (χ2v) is 10.4. The number of rotatable bonds is 10. The van der Waals surface area contributed by atoms with E-state index in [9.17, 15) is 18.0 Å². The molecule has 3 aromatic carbocycles. The smallest absolute Gasteiger partial charge is 0.328 e. The molecule has 0 spiro atoms. The zero-order valence-corrected chi connectivity index (χ0v) is 21.5. The number of carboxylic acid groups (broad SMARTS) is 1. The monoisotopic (exact) mass is 526 g/mol. The lowest BCUT2D eigenvalue weighted by Gasteiger charge is -2.26. The van der Waals surface area contributed by atoms with Gasteiger partial charge in [-0.3, -0.25) is 9.10 Å². The summed E-state index contributed by atoms with van der Waals surface area (Å²) in [7, 11) is -4.07. The molecule has 3 rings (SSSR count). The largest absolute Gasteiger partial charge is 0.478 e. The van der Waals surface area contributed by atoms with Crippen molar-refractivity contribution in [2.75, 3.05) is 10.8 Å². The van der Waals surface area contributed by atoms with Crippen molar-refractivity contribution in [3.63, 3.8) is 0 Å². The molecule has 0 radical (unpaired) electrons. The molecule has 0 bridgehead atoms. The second-order valence-electron chi connectivity index (χ2n) is 8.09. The molecule has 1 amide bonds. The number of carboxylic acids is 1. The van der Waals surface area contributed by atoms with E-state index in [-0.39, 0.29) is 11.4 Å². The third-order valence-corrected chi connectivity index (χ3v) is 7.76. The maximum atomic E-state index is 13.6. The Bertz CT molecular complexity index is 1390. The number of benzene rings is 3. The second kappa shape index (κ2) is 11.9. The molecule has 0 aliphatic rings. The Hall–Kier alpha value is -3.62. The Morgan fingerprint density at radius 3 is 2.39 bits per heavy atom. The minimum absolute atomic E-state index is 0.0739. The lowest BCUT2D eigenvalue weighted by atomic mass is 10.1. The third-order valence-electron chi connectivity index (χ3n) is 5.57. The molecule has 0 saturated heterocycles. The number of sulfonamides is 1. The summed E-state index contributed by atoms with van der Waals surface area (Å²) in [6, 6.07) is 18.5. The number of aryl methyl sites for hydroxylation is 1. The maximum absolute atomic E-state index is 13.6. The minimum Gasteiger partial charge on any atom is -0.478 e. The first-order valence-corrected chi connectivity index (χ1v) is 13.1. The average molecular weight is 527 g/mol. The van der Waals surface area contributed by atoms with Crippen molar-refractivity contribution >= 4 is 45.3 Å². The molecule has 3 aromatic rings. The summed E-state index contributed by atoms with van der Waals surface area (Å²) >= 11 is 6.27. The van der Waals surface area contributed by atoms with Gasteiger partial charge < -0.3 is 10.4 Å². The predicted molar refractivity (Wildman–Crippen MR) is 141 cm³/mol. The van der Waals surface area contributed by atoms with Gasteiger partial charge in [0.1, 0.15) is 6.54 Å². The molecular weight excluding hydrogens is 500 g/mol. The first-order valence-electron chi connectivity index (χ1n) is 11.2. The third kappa shape index (κ3) is 6.74. The number of carbonyl (C=O) groups is 2. The Kier molecular flexibility index (Phi) is 8.90. The highest BCUT2D eigenvalue weighted by molar-refractivity contribution is 7.92. The number of hydrogen-bond donors (Lipinski definition) is 2. The van der Waals surface area contributed by atoms with Crippen LogP contribution in [0.2, 0.25) is 5.02 Å². The van der Waals surface area contributed by atoms with E-state index in [1.165, 1.54) is 18.2 Å². The van der Waals surface area contributed by atoms with Gasteiger partial charge in [0.05, 0.1) is 10.6 Å². The molecule has 0 saturated carbocycles. The van der Waals surface area contributed by atoms with Crippen LogP contribution >= 0.6 is 11.6 Å². The molecule has 0 aliphatic carbocycles. The number of aliphatic carboxylic acids is 1. The number of amides is 1. The first-order chi connectivity index (χ1) is 17.1. The summed E-state index contributed by atoms with van der Waals surface area (Å²) in [6.45, 7) is 3.38. The zero-order chi connectivity index (χ0) is 26.3. The van der Waals surface area contributed by atoms with Crippen molar-refractivity contribution < 1.29 is 23.1 Å². The first kappa shape index (κ1) is 27.0. The summed E-state index contributed by atoms with van der Waals surface area (Å²) in [4.78, 5) is 23.8. The molecule has 2 N–H and O–H groups in total. The van der Waals surface area contributed by atoms with Gasteiger partial charge in [0, 0.05) is 17.6 Å². The normalized spacial score (nSPS) is 11.4. The lowest BCUT2D eigenvalue weighted by molar-refractivity contribution is -0.131. The van der Waals surface area contributed by atoms with E-state index >= 15 is 0 Å². The molecule has 0 unspecified atom stereocenters. The van der Waals surface area contributed by atoms with Crippen molar-refractivity contribution in [2.45, 2.75) is 31.7 Å². The van der Waals surface area contributed by atoms with Crippen molar-refractivity contribution in [2.24, 2.45) is 0 Å². The summed E-state index contributed by atoms with van der Waals surface area (Å²) in [5.41, 5.74) is 3.26. The van der Waals surface area contributed by atoms with Crippen LogP contribution in [0.5, 0.6) is 0 Å². The van der Waals surface area contributed by atoms with Gasteiger partial charge in [0.2, 0.25) is 5.91 Å². The van der Waals surface area contributed by atoms with Crippen molar-refractivity contribution in [1.82, 2.24) is 5.32 Å². The molecule has 0 atom stereocenters. The topological polar surface area (TPSA) is 104 Å². The Labute approximate surface area is 216 Å². The molecule has 7 nitrogen and oxygen atoms in total. The molecule has 9 heteroatoms. The zero-order valence-electron chi connectivity index (χ0n) is 19.9. The van der Waals surface area contributed by atoms with Gasteiger partial charge in [-0.05, 0) is 72.0 Å². The number of anilines is 1. The van der Waals surface area contributed by atoms with Crippen LogP contribution in [-0.4, -0.2) is 31.9 Å². The van der Waals surface area contributed by atoms with Crippen LogP contribution in [0.1, 0.15) is 29.2 Å². The van der Waals surface area contributed by atoms with E-state index in [0.717, 1.165) is 27.9 Å². The molecular formula is C27H27ClN2O5S. The SMILES string of the molecule is CCc1ccc(S(=O)(=O)N(CC(=O)NCc2cccc(C=CC(=O)O)c2)c2cccc(Cl)c2C)cc1. The molecule has 0 aromatic heterocycles. The number of hydrogen-bond acceptors (Lipinski definition) is 4. The molecule has 0 aliphatic heterocycles. The van der Waals surface area contributed by atoms with Crippen LogP contribution in [0, 0.1) is 6.92 Å². The van der Waals surface area contributed by atoms with Gasteiger partial charge in [-0.2, -0.15) is 0 Å². The van der Waals surface area contributed by atoms with Crippen molar-refractivity contribution in [3.05, 3.63) is 100 Å². The fraction of sp³-hybridized carbons (Fsp3) is 0.185. The summed E-state index contributed by atoms with van der Waals surface area (Å²) < 4.78 is 28.3. The number of nitrogens with zero attached hydrogens (tertiary/aromatic N) is 1. The van der Waals surface area contributed by atoms with Gasteiger partial charge in [0.25, 0.3) is 10.0 Å². The summed E-state index contributed by atoms with van der Waals surface area (Å²) in [5, 5.41) is 11.9. The molecule has 0 fully saturated rings. The highest BCUT2D eigenvalue weighted by atomic mass is 35.5. The van der Waals surface area contributed by atoms with E-state index in [2.05, 4.69) is 5.32 Å². The van der Waals surface area contributed by atoms with E-state index in [1.54, 1.807) is 61.5 Å². The van der Waals surface area contributed by atoms with Gasteiger partial charge in [-0.15, -0.1) is 0 Å². The number of halogens is 1. The van der Waals surface area contributed by atoms with Crippen LogP contribution in [0.15, 0.2) is 77.7 Å². The highest BCUT2D eigenvalue weighted by Gasteiger charge is 2.28. The van der Waals surface area contributed by atoms with E-state index in [1.807, 2.05) is 6.92 Å². The summed E-state index contributed by atoms with van der Waals surface area (Å²) in [5.74, 6) is -1.56.